The molecule has 0 aromatic heterocycles. The van der Waals surface area contributed by atoms with Crippen LogP contribution in [0.5, 0.6) is 11.5 Å². The van der Waals surface area contributed by atoms with Crippen LogP contribution in [0.25, 0.3) is 0 Å². The van der Waals surface area contributed by atoms with Crippen molar-refractivity contribution in [1.29, 1.82) is 0 Å². The molecule has 2 N–H and O–H groups in total. The summed E-state index contributed by atoms with van der Waals surface area (Å²) in [5, 5.41) is 4.88. The summed E-state index contributed by atoms with van der Waals surface area (Å²) in [4.78, 5) is 36.0. The van der Waals surface area contributed by atoms with Gasteiger partial charge in [0, 0.05) is 32.8 Å². The lowest BCUT2D eigenvalue weighted by Gasteiger charge is -2.22. The highest BCUT2D eigenvalue weighted by Gasteiger charge is 2.31. The Morgan fingerprint density at radius 1 is 1.09 bits per heavy atom. The molecule has 0 aliphatic heterocycles. The summed E-state index contributed by atoms with van der Waals surface area (Å²) in [5.41, 5.74) is -0.0231. The molecule has 0 bridgehead atoms. The molecular weight excluding hydrogens is 326 g/mol. The van der Waals surface area contributed by atoms with Crippen LogP contribution < -0.4 is 24.5 Å². The Morgan fingerprint density at radius 2 is 1.65 bits per heavy atom. The number of nitrogens with zero attached hydrogens (tertiary/aromatic N) is 1. The third-order valence-electron chi connectivity index (χ3n) is 3.04. The van der Waals surface area contributed by atoms with Crippen molar-refractivity contribution in [3.8, 4) is 11.5 Å². The minimum Gasteiger partial charge on any atom is -0.496 e. The highest BCUT2D eigenvalue weighted by atomic mass is 35.5. The molecule has 0 aliphatic carbocycles. The first kappa shape index (κ1) is 18.6. The van der Waals surface area contributed by atoms with E-state index in [0.717, 1.165) is 0 Å². The van der Waals surface area contributed by atoms with Crippen molar-refractivity contribution >= 4 is 35.2 Å². The van der Waals surface area contributed by atoms with Gasteiger partial charge in [-0.3, -0.25) is 14.4 Å². The van der Waals surface area contributed by atoms with Crippen molar-refractivity contribution < 1.29 is 23.9 Å². The van der Waals surface area contributed by atoms with E-state index >= 15 is 0 Å². The number of methoxy groups -OCH3 is 2. The SMILES string of the molecule is CNC(=O)c1cc(OC)c(C(=O)NC)c(N(Cl)C(C)=O)c1OC. The molecule has 1 aromatic carbocycles. The van der Waals surface area contributed by atoms with Crippen LogP contribution in [0.15, 0.2) is 6.07 Å². The first-order valence-electron chi connectivity index (χ1n) is 6.53. The Bertz CT molecular complexity index is 648. The molecule has 0 unspecified atom stereocenters. The van der Waals surface area contributed by atoms with Gasteiger partial charge in [0.1, 0.15) is 17.0 Å². The van der Waals surface area contributed by atoms with Gasteiger partial charge in [-0.1, -0.05) is 0 Å². The second-order valence-electron chi connectivity index (χ2n) is 4.34. The molecular formula is C14H18ClN3O5. The van der Waals surface area contributed by atoms with Gasteiger partial charge in [-0.15, -0.1) is 0 Å². The molecule has 0 atom stereocenters. The van der Waals surface area contributed by atoms with Crippen molar-refractivity contribution in [3.63, 3.8) is 0 Å². The van der Waals surface area contributed by atoms with Crippen LogP contribution >= 0.6 is 11.8 Å². The second-order valence-corrected chi connectivity index (χ2v) is 4.68. The van der Waals surface area contributed by atoms with Crippen molar-refractivity contribution in [1.82, 2.24) is 10.6 Å². The normalized spacial score (nSPS) is 9.83. The number of hydrogen-bond donors (Lipinski definition) is 2. The quantitative estimate of drug-likeness (QED) is 0.775. The summed E-state index contributed by atoms with van der Waals surface area (Å²) >= 11 is 6.02. The fraction of sp³-hybridized carbons (Fsp3) is 0.357. The van der Waals surface area contributed by atoms with Gasteiger partial charge in [0.2, 0.25) is 5.91 Å². The van der Waals surface area contributed by atoms with E-state index in [1.54, 1.807) is 0 Å². The number of nitrogens with one attached hydrogen (secondary N) is 2. The van der Waals surface area contributed by atoms with Crippen molar-refractivity contribution in [2.24, 2.45) is 0 Å². The number of hydrogen-bond acceptors (Lipinski definition) is 5. The fourth-order valence-corrected chi connectivity index (χ4v) is 2.15. The summed E-state index contributed by atoms with van der Waals surface area (Å²) in [7, 11) is 5.48. The molecule has 9 heteroatoms. The maximum atomic E-state index is 12.2. The topological polar surface area (TPSA) is 97.0 Å². The molecule has 0 fully saturated rings. The third kappa shape index (κ3) is 3.48. The fourth-order valence-electron chi connectivity index (χ4n) is 1.99. The summed E-state index contributed by atoms with van der Waals surface area (Å²) in [6.07, 6.45) is 0. The number of benzene rings is 1. The van der Waals surface area contributed by atoms with E-state index in [2.05, 4.69) is 10.6 Å². The third-order valence-corrected chi connectivity index (χ3v) is 3.45. The van der Waals surface area contributed by atoms with Gasteiger partial charge < -0.3 is 20.1 Å². The van der Waals surface area contributed by atoms with E-state index in [4.69, 9.17) is 21.3 Å². The number of amides is 3. The lowest BCUT2D eigenvalue weighted by atomic mass is 10.0. The van der Waals surface area contributed by atoms with E-state index in [0.29, 0.717) is 4.42 Å². The van der Waals surface area contributed by atoms with E-state index < -0.39 is 17.7 Å². The number of halogens is 1. The monoisotopic (exact) mass is 343 g/mol. The molecule has 1 rings (SSSR count). The van der Waals surface area contributed by atoms with E-state index in [-0.39, 0.29) is 28.3 Å². The molecule has 0 radical (unpaired) electrons. The molecule has 126 valence electrons. The molecule has 0 spiro atoms. The molecule has 0 heterocycles. The Labute approximate surface area is 138 Å². The van der Waals surface area contributed by atoms with Crippen LogP contribution in [-0.2, 0) is 4.79 Å². The van der Waals surface area contributed by atoms with Crippen LogP contribution in [0.1, 0.15) is 27.6 Å². The molecule has 23 heavy (non-hydrogen) atoms. The van der Waals surface area contributed by atoms with Gasteiger partial charge in [0.05, 0.1) is 19.8 Å². The molecule has 8 nitrogen and oxygen atoms in total. The average Bonchev–Trinajstić information content (AvgIpc) is 2.57. The smallest absolute Gasteiger partial charge is 0.257 e. The van der Waals surface area contributed by atoms with Gasteiger partial charge in [-0.05, 0) is 6.07 Å². The zero-order chi connectivity index (χ0) is 17.7. The maximum absolute atomic E-state index is 12.2. The standard InChI is InChI=1S/C14H18ClN3O5/c1-7(19)18(15)11-10(14(21)17-3)9(22-4)6-8(12(11)23-5)13(20)16-2/h6H,1-5H3,(H,16,20)(H,17,21). The highest BCUT2D eigenvalue weighted by molar-refractivity contribution is 6.38. The number of anilines is 1. The van der Waals surface area contributed by atoms with Gasteiger partial charge in [-0.2, -0.15) is 0 Å². The van der Waals surface area contributed by atoms with E-state index in [9.17, 15) is 14.4 Å². The van der Waals surface area contributed by atoms with E-state index in [1.165, 1.54) is 41.3 Å². The summed E-state index contributed by atoms with van der Waals surface area (Å²) in [5.74, 6) is -1.55. The Morgan fingerprint density at radius 3 is 2.04 bits per heavy atom. The predicted molar refractivity (Wildman–Crippen MR) is 85.3 cm³/mol. The molecule has 1 aromatic rings. The zero-order valence-corrected chi connectivity index (χ0v) is 14.2. The highest BCUT2D eigenvalue weighted by Crippen LogP contribution is 2.42. The van der Waals surface area contributed by atoms with Gasteiger partial charge >= 0.3 is 0 Å². The van der Waals surface area contributed by atoms with Crippen LogP contribution in [0.4, 0.5) is 5.69 Å². The lowest BCUT2D eigenvalue weighted by molar-refractivity contribution is -0.115. The second kappa shape index (κ2) is 7.68. The zero-order valence-electron chi connectivity index (χ0n) is 13.4. The molecule has 0 saturated carbocycles. The summed E-state index contributed by atoms with van der Waals surface area (Å²) in [6.45, 7) is 1.21. The van der Waals surface area contributed by atoms with Crippen LogP contribution in [0.3, 0.4) is 0 Å². The van der Waals surface area contributed by atoms with Crippen molar-refractivity contribution in [2.75, 3.05) is 32.7 Å². The molecule has 3 amide bonds. The number of carbonyl (C=O) groups is 3. The van der Waals surface area contributed by atoms with Crippen molar-refractivity contribution in [2.45, 2.75) is 6.92 Å². The predicted octanol–water partition coefficient (Wildman–Crippen LogP) is 0.930. The Balaban J connectivity index is 3.91. The average molecular weight is 344 g/mol. The first-order valence-corrected chi connectivity index (χ1v) is 6.87. The maximum Gasteiger partial charge on any atom is 0.257 e. The Hall–Kier alpha value is -2.48. The van der Waals surface area contributed by atoms with Gasteiger partial charge in [-0.25, -0.2) is 4.42 Å². The summed E-state index contributed by atoms with van der Waals surface area (Å²) in [6, 6.07) is 1.34. The van der Waals surface area contributed by atoms with Crippen LogP contribution in [0, 0.1) is 0 Å². The Kier molecular flexibility index (Phi) is 6.20. The first-order chi connectivity index (χ1) is 10.8. The largest absolute Gasteiger partial charge is 0.496 e. The summed E-state index contributed by atoms with van der Waals surface area (Å²) < 4.78 is 11.1. The van der Waals surface area contributed by atoms with Crippen LogP contribution in [0.2, 0.25) is 0 Å². The molecule has 0 aliphatic rings. The minimum absolute atomic E-state index is 0.0195. The molecule has 0 saturated heterocycles. The number of ether oxygens (including phenoxy) is 2. The number of carbonyl (C=O) groups excluding carboxylic acids is 3. The van der Waals surface area contributed by atoms with Gasteiger partial charge in [0.15, 0.2) is 5.75 Å². The van der Waals surface area contributed by atoms with Crippen LogP contribution in [-0.4, -0.2) is 46.0 Å². The van der Waals surface area contributed by atoms with Gasteiger partial charge in [0.25, 0.3) is 11.8 Å². The van der Waals surface area contributed by atoms with E-state index in [1.807, 2.05) is 0 Å². The minimum atomic E-state index is -0.564. The van der Waals surface area contributed by atoms with Crippen molar-refractivity contribution in [3.05, 3.63) is 17.2 Å². The number of rotatable bonds is 5. The lowest BCUT2D eigenvalue weighted by Crippen LogP contribution is -2.27.